The monoisotopic (exact) mass is 493 g/mol. The van der Waals surface area contributed by atoms with Crippen molar-refractivity contribution in [1.82, 2.24) is 14.7 Å². The molecular weight excluding hydrogens is 454 g/mol. The fourth-order valence-electron chi connectivity index (χ4n) is 4.56. The molecule has 1 aliphatic heterocycles. The zero-order valence-electron chi connectivity index (χ0n) is 21.9. The van der Waals surface area contributed by atoms with Crippen LogP contribution in [-0.4, -0.2) is 84.8 Å². The number of hydrogen-bond acceptors (Lipinski definition) is 5. The highest BCUT2D eigenvalue weighted by molar-refractivity contribution is 5.95. The van der Waals surface area contributed by atoms with Gasteiger partial charge in [-0.05, 0) is 43.0 Å². The average Bonchev–Trinajstić information content (AvgIpc) is 2.88. The van der Waals surface area contributed by atoms with E-state index in [0.29, 0.717) is 32.7 Å². The first-order valence-corrected chi connectivity index (χ1v) is 12.8. The van der Waals surface area contributed by atoms with E-state index in [1.807, 2.05) is 62.4 Å². The molecule has 2 N–H and O–H groups in total. The normalized spacial score (nSPS) is 15.2. The first-order chi connectivity index (χ1) is 17.3. The number of anilines is 2. The van der Waals surface area contributed by atoms with Crippen LogP contribution < -0.4 is 10.6 Å². The fourth-order valence-corrected chi connectivity index (χ4v) is 4.56. The zero-order valence-corrected chi connectivity index (χ0v) is 21.9. The van der Waals surface area contributed by atoms with Crippen LogP contribution in [0.4, 0.5) is 11.4 Å². The molecule has 0 aliphatic carbocycles. The van der Waals surface area contributed by atoms with Gasteiger partial charge in [0.25, 0.3) is 0 Å². The van der Waals surface area contributed by atoms with Gasteiger partial charge >= 0.3 is 0 Å². The number of amides is 3. The third-order valence-electron chi connectivity index (χ3n) is 6.78. The minimum atomic E-state index is -0.335. The number of carbonyl (C=O) groups excluding carboxylic acids is 3. The highest BCUT2D eigenvalue weighted by atomic mass is 16.2. The van der Waals surface area contributed by atoms with Crippen molar-refractivity contribution in [2.75, 3.05) is 56.9 Å². The van der Waals surface area contributed by atoms with E-state index in [1.165, 1.54) is 4.90 Å². The van der Waals surface area contributed by atoms with Crippen molar-refractivity contribution in [3.8, 4) is 0 Å². The second-order valence-electron chi connectivity index (χ2n) is 9.30. The van der Waals surface area contributed by atoms with E-state index >= 15 is 0 Å². The Morgan fingerprint density at radius 1 is 0.833 bits per heavy atom. The number of carbonyl (C=O) groups is 3. The summed E-state index contributed by atoms with van der Waals surface area (Å²) in [5.74, 6) is -0.320. The van der Waals surface area contributed by atoms with Gasteiger partial charge in [0.2, 0.25) is 17.7 Å². The second kappa shape index (κ2) is 13.2. The molecule has 0 bridgehead atoms. The molecule has 36 heavy (non-hydrogen) atoms. The van der Waals surface area contributed by atoms with E-state index in [-0.39, 0.29) is 30.3 Å². The third kappa shape index (κ3) is 7.38. The number of piperazine rings is 1. The quantitative estimate of drug-likeness (QED) is 0.532. The number of para-hydroxylation sites is 2. The summed E-state index contributed by atoms with van der Waals surface area (Å²) in [4.78, 5) is 43.8. The average molecular weight is 494 g/mol. The van der Waals surface area contributed by atoms with Gasteiger partial charge in [0.05, 0.1) is 19.1 Å². The Hall–Kier alpha value is -3.23. The van der Waals surface area contributed by atoms with E-state index in [2.05, 4.69) is 27.4 Å². The Morgan fingerprint density at radius 3 is 1.86 bits per heavy atom. The number of benzene rings is 2. The lowest BCUT2D eigenvalue weighted by atomic mass is 10.1. The van der Waals surface area contributed by atoms with Gasteiger partial charge in [-0.2, -0.15) is 0 Å². The summed E-state index contributed by atoms with van der Waals surface area (Å²) in [6, 6.07) is 15.2. The SMILES string of the molecule is CCc1ccccc1NC(=O)CN1CCN(C(C)C(=O)N(C)CC(=O)Nc2ccccc2CC)CC1. The molecule has 0 aromatic heterocycles. The summed E-state index contributed by atoms with van der Waals surface area (Å²) in [5, 5.41) is 5.95. The molecule has 3 amide bonds. The molecule has 1 aliphatic rings. The molecular formula is C28H39N5O3. The van der Waals surface area contributed by atoms with E-state index in [4.69, 9.17) is 0 Å². The van der Waals surface area contributed by atoms with Crippen LogP contribution in [0.5, 0.6) is 0 Å². The van der Waals surface area contributed by atoms with E-state index in [0.717, 1.165) is 35.3 Å². The maximum Gasteiger partial charge on any atom is 0.243 e. The van der Waals surface area contributed by atoms with Gasteiger partial charge in [-0.1, -0.05) is 50.2 Å². The van der Waals surface area contributed by atoms with Gasteiger partial charge in [-0.25, -0.2) is 0 Å². The number of nitrogens with zero attached hydrogens (tertiary/aromatic N) is 3. The maximum atomic E-state index is 13.0. The second-order valence-corrected chi connectivity index (χ2v) is 9.30. The molecule has 2 aromatic rings. The van der Waals surface area contributed by atoms with Crippen LogP contribution in [0.1, 0.15) is 31.9 Å². The topological polar surface area (TPSA) is 85.0 Å². The van der Waals surface area contributed by atoms with Crippen molar-refractivity contribution >= 4 is 29.1 Å². The molecule has 194 valence electrons. The van der Waals surface area contributed by atoms with Crippen molar-refractivity contribution in [1.29, 1.82) is 0 Å². The standard InChI is InChI=1S/C28H39N5O3/c1-5-22-11-7-9-13-24(22)29-26(34)19-31(4)28(36)21(3)33-17-15-32(16-18-33)20-27(35)30-25-14-10-8-12-23(25)6-2/h7-14,21H,5-6,15-20H2,1-4H3,(H,29,34)(H,30,35). The summed E-state index contributed by atoms with van der Waals surface area (Å²) in [6.07, 6.45) is 1.69. The Kier molecular flexibility index (Phi) is 10.0. The smallest absolute Gasteiger partial charge is 0.243 e. The maximum absolute atomic E-state index is 13.0. The molecule has 8 heteroatoms. The molecule has 0 saturated carbocycles. The highest BCUT2D eigenvalue weighted by Crippen LogP contribution is 2.17. The summed E-state index contributed by atoms with van der Waals surface area (Å²) < 4.78 is 0. The molecule has 8 nitrogen and oxygen atoms in total. The van der Waals surface area contributed by atoms with Crippen LogP contribution in [0, 0.1) is 0 Å². The largest absolute Gasteiger partial charge is 0.335 e. The molecule has 3 rings (SSSR count). The fraction of sp³-hybridized carbons (Fsp3) is 0.464. The van der Waals surface area contributed by atoms with Gasteiger partial charge in [0.1, 0.15) is 0 Å². The van der Waals surface area contributed by atoms with E-state index in [9.17, 15) is 14.4 Å². The number of aryl methyl sites for hydroxylation is 2. The number of nitrogens with one attached hydrogen (secondary N) is 2. The third-order valence-corrected chi connectivity index (χ3v) is 6.78. The van der Waals surface area contributed by atoms with Crippen LogP contribution in [-0.2, 0) is 27.2 Å². The first kappa shape index (κ1) is 27.4. The van der Waals surface area contributed by atoms with Crippen molar-refractivity contribution in [2.45, 2.75) is 39.7 Å². The lowest BCUT2D eigenvalue weighted by Crippen LogP contribution is -2.55. The van der Waals surface area contributed by atoms with Gasteiger partial charge in [-0.3, -0.25) is 24.2 Å². The molecule has 1 atom stereocenters. The van der Waals surface area contributed by atoms with Crippen molar-refractivity contribution < 1.29 is 14.4 Å². The Morgan fingerprint density at radius 2 is 1.33 bits per heavy atom. The molecule has 0 spiro atoms. The Labute approximate surface area is 214 Å². The van der Waals surface area contributed by atoms with Crippen LogP contribution in [0.2, 0.25) is 0 Å². The van der Waals surface area contributed by atoms with Gasteiger partial charge in [0.15, 0.2) is 0 Å². The number of likely N-dealkylation sites (N-methyl/N-ethyl adjacent to an activating group) is 1. The summed E-state index contributed by atoms with van der Waals surface area (Å²) in [6.45, 7) is 9.12. The van der Waals surface area contributed by atoms with Crippen LogP contribution in [0.3, 0.4) is 0 Å². The highest BCUT2D eigenvalue weighted by Gasteiger charge is 2.28. The molecule has 1 heterocycles. The summed E-state index contributed by atoms with van der Waals surface area (Å²) in [5.41, 5.74) is 3.84. The zero-order chi connectivity index (χ0) is 26.1. The first-order valence-electron chi connectivity index (χ1n) is 12.8. The molecule has 2 aromatic carbocycles. The minimum absolute atomic E-state index is 0.000588. The molecule has 1 saturated heterocycles. The lowest BCUT2D eigenvalue weighted by molar-refractivity contribution is -0.138. The van der Waals surface area contributed by atoms with Gasteiger partial charge in [0, 0.05) is 44.6 Å². The predicted molar refractivity (Wildman–Crippen MR) is 144 cm³/mol. The molecule has 1 unspecified atom stereocenters. The summed E-state index contributed by atoms with van der Waals surface area (Å²) >= 11 is 0. The summed E-state index contributed by atoms with van der Waals surface area (Å²) in [7, 11) is 1.67. The van der Waals surface area contributed by atoms with E-state index < -0.39 is 0 Å². The van der Waals surface area contributed by atoms with Gasteiger partial charge in [-0.15, -0.1) is 0 Å². The number of rotatable bonds is 10. The Bertz CT molecular complexity index is 1050. The van der Waals surface area contributed by atoms with Crippen LogP contribution >= 0.6 is 0 Å². The minimum Gasteiger partial charge on any atom is -0.335 e. The number of hydrogen-bond donors (Lipinski definition) is 2. The molecule has 1 fully saturated rings. The van der Waals surface area contributed by atoms with Crippen molar-refractivity contribution in [3.63, 3.8) is 0 Å². The van der Waals surface area contributed by atoms with Crippen molar-refractivity contribution in [2.24, 2.45) is 0 Å². The predicted octanol–water partition coefficient (Wildman–Crippen LogP) is 2.85. The Balaban J connectivity index is 1.44. The van der Waals surface area contributed by atoms with E-state index in [1.54, 1.807) is 7.05 Å². The van der Waals surface area contributed by atoms with Crippen molar-refractivity contribution in [3.05, 3.63) is 59.7 Å². The van der Waals surface area contributed by atoms with Crippen LogP contribution in [0.25, 0.3) is 0 Å². The lowest BCUT2D eigenvalue weighted by Gasteiger charge is -2.38. The molecule has 0 radical (unpaired) electrons. The van der Waals surface area contributed by atoms with Gasteiger partial charge < -0.3 is 15.5 Å². The van der Waals surface area contributed by atoms with Crippen LogP contribution in [0.15, 0.2) is 48.5 Å².